The van der Waals surface area contributed by atoms with Crippen molar-refractivity contribution in [3.8, 4) is 0 Å². The monoisotopic (exact) mass is 348 g/mol. The van der Waals surface area contributed by atoms with E-state index < -0.39 is 0 Å². The van der Waals surface area contributed by atoms with E-state index in [4.69, 9.17) is 4.52 Å². The highest BCUT2D eigenvalue weighted by Crippen LogP contribution is 2.25. The molecule has 1 amide bonds. The van der Waals surface area contributed by atoms with Crippen LogP contribution in [0.2, 0.25) is 0 Å². The van der Waals surface area contributed by atoms with E-state index in [0.29, 0.717) is 24.2 Å². The maximum Gasteiger partial charge on any atom is 0.222 e. The van der Waals surface area contributed by atoms with Gasteiger partial charge in [0.25, 0.3) is 0 Å². The molecule has 0 spiro atoms. The lowest BCUT2D eigenvalue weighted by Gasteiger charge is -2.36. The number of hydrogen-bond donors (Lipinski definition) is 1. The number of aromatic nitrogens is 1. The topological polar surface area (TPSA) is 61.6 Å². The summed E-state index contributed by atoms with van der Waals surface area (Å²) in [5.74, 6) is 2.44. The van der Waals surface area contributed by atoms with Crippen LogP contribution in [0.5, 0.6) is 0 Å². The van der Waals surface area contributed by atoms with Crippen molar-refractivity contribution in [1.82, 2.24) is 20.3 Å². The van der Waals surface area contributed by atoms with E-state index >= 15 is 0 Å². The zero-order valence-corrected chi connectivity index (χ0v) is 15.9. The molecule has 0 radical (unpaired) electrons. The van der Waals surface area contributed by atoms with Crippen molar-refractivity contribution in [3.05, 3.63) is 17.0 Å². The molecule has 0 bridgehead atoms. The van der Waals surface area contributed by atoms with Gasteiger partial charge in [-0.3, -0.25) is 9.69 Å². The van der Waals surface area contributed by atoms with Crippen molar-refractivity contribution in [2.45, 2.75) is 46.6 Å². The first kappa shape index (κ1) is 18.4. The lowest BCUT2D eigenvalue weighted by atomic mass is 9.84. The number of carbonyl (C=O) groups excluding carboxylic acids is 1. The van der Waals surface area contributed by atoms with Gasteiger partial charge in [-0.2, -0.15) is 0 Å². The zero-order chi connectivity index (χ0) is 17.8. The van der Waals surface area contributed by atoms with Gasteiger partial charge in [-0.1, -0.05) is 12.1 Å². The molecule has 25 heavy (non-hydrogen) atoms. The van der Waals surface area contributed by atoms with Gasteiger partial charge in [0, 0.05) is 44.7 Å². The number of carbonyl (C=O) groups is 1. The molecule has 1 N–H and O–H groups in total. The fraction of sp³-hybridized carbons (Fsp3) is 0.789. The third-order valence-corrected chi connectivity index (χ3v) is 5.97. The first-order valence-corrected chi connectivity index (χ1v) is 9.67. The molecule has 0 saturated carbocycles. The lowest BCUT2D eigenvalue weighted by Crippen LogP contribution is -2.48. The highest BCUT2D eigenvalue weighted by molar-refractivity contribution is 5.76. The van der Waals surface area contributed by atoms with E-state index in [2.05, 4.69) is 27.2 Å². The fourth-order valence-electron chi connectivity index (χ4n) is 4.09. The average Bonchev–Trinajstić information content (AvgIpc) is 2.95. The summed E-state index contributed by atoms with van der Waals surface area (Å²) in [5, 5.41) is 7.44. The Hall–Kier alpha value is -1.40. The summed E-state index contributed by atoms with van der Waals surface area (Å²) < 4.78 is 5.25. The molecule has 6 heteroatoms. The van der Waals surface area contributed by atoms with E-state index in [1.807, 2.05) is 13.8 Å². The molecule has 1 unspecified atom stereocenters. The standard InChI is InChI=1S/C19H32N4O2/c1-14(17-4-6-20-7-5-17)12-19(24)23-10-8-22(9-11-23)13-18-15(2)21-25-16(18)3/h14,17,20H,4-13H2,1-3H3. The Morgan fingerprint density at radius 3 is 2.52 bits per heavy atom. The van der Waals surface area contributed by atoms with Gasteiger partial charge in [-0.05, 0) is 51.6 Å². The summed E-state index contributed by atoms with van der Waals surface area (Å²) in [4.78, 5) is 17.1. The number of piperidine rings is 1. The Balaban J connectivity index is 1.44. The summed E-state index contributed by atoms with van der Waals surface area (Å²) in [6.45, 7) is 12.8. The lowest BCUT2D eigenvalue weighted by molar-refractivity contribution is -0.134. The summed E-state index contributed by atoms with van der Waals surface area (Å²) in [6, 6.07) is 0. The first-order valence-electron chi connectivity index (χ1n) is 9.67. The van der Waals surface area contributed by atoms with E-state index in [1.165, 1.54) is 18.4 Å². The molecule has 1 aromatic rings. The average molecular weight is 348 g/mol. The quantitative estimate of drug-likeness (QED) is 0.881. The third-order valence-electron chi connectivity index (χ3n) is 5.97. The molecular formula is C19H32N4O2. The van der Waals surface area contributed by atoms with Crippen molar-refractivity contribution in [3.63, 3.8) is 0 Å². The maximum atomic E-state index is 12.6. The minimum Gasteiger partial charge on any atom is -0.361 e. The molecule has 3 rings (SSSR count). The molecule has 140 valence electrons. The van der Waals surface area contributed by atoms with Crippen LogP contribution in [0.4, 0.5) is 0 Å². The van der Waals surface area contributed by atoms with Gasteiger partial charge in [0.1, 0.15) is 5.76 Å². The van der Waals surface area contributed by atoms with Crippen LogP contribution in [0, 0.1) is 25.7 Å². The van der Waals surface area contributed by atoms with Crippen LogP contribution in [-0.2, 0) is 11.3 Å². The van der Waals surface area contributed by atoms with Gasteiger partial charge in [-0.25, -0.2) is 0 Å². The van der Waals surface area contributed by atoms with Crippen molar-refractivity contribution in [1.29, 1.82) is 0 Å². The largest absolute Gasteiger partial charge is 0.361 e. The second kappa shape index (κ2) is 8.32. The predicted octanol–water partition coefficient (Wildman–Crippen LogP) is 1.96. The number of rotatable bonds is 5. The minimum atomic E-state index is 0.336. The molecular weight excluding hydrogens is 316 g/mol. The minimum absolute atomic E-state index is 0.336. The van der Waals surface area contributed by atoms with Crippen LogP contribution >= 0.6 is 0 Å². The highest BCUT2D eigenvalue weighted by Gasteiger charge is 2.27. The molecule has 2 aliphatic rings. The predicted molar refractivity (Wildman–Crippen MR) is 97.2 cm³/mol. The fourth-order valence-corrected chi connectivity index (χ4v) is 4.09. The zero-order valence-electron chi connectivity index (χ0n) is 15.9. The second-order valence-corrected chi connectivity index (χ2v) is 7.73. The molecule has 2 saturated heterocycles. The Labute approximate surface area is 150 Å². The number of amides is 1. The molecule has 2 fully saturated rings. The molecule has 2 aliphatic heterocycles. The van der Waals surface area contributed by atoms with Crippen molar-refractivity contribution < 1.29 is 9.32 Å². The normalized spacial score (nSPS) is 21.5. The Morgan fingerprint density at radius 2 is 1.92 bits per heavy atom. The second-order valence-electron chi connectivity index (χ2n) is 7.73. The van der Waals surface area contributed by atoms with Gasteiger partial charge in [0.2, 0.25) is 5.91 Å². The Morgan fingerprint density at radius 1 is 1.24 bits per heavy atom. The molecule has 1 aromatic heterocycles. The number of nitrogens with zero attached hydrogens (tertiary/aromatic N) is 3. The van der Waals surface area contributed by atoms with Gasteiger partial charge < -0.3 is 14.7 Å². The van der Waals surface area contributed by atoms with E-state index in [9.17, 15) is 4.79 Å². The van der Waals surface area contributed by atoms with Crippen LogP contribution in [0.3, 0.4) is 0 Å². The third kappa shape index (κ3) is 4.61. The van der Waals surface area contributed by atoms with Crippen molar-refractivity contribution >= 4 is 5.91 Å². The number of aryl methyl sites for hydroxylation is 2. The van der Waals surface area contributed by atoms with E-state index in [-0.39, 0.29) is 0 Å². The molecule has 6 nitrogen and oxygen atoms in total. The van der Waals surface area contributed by atoms with Gasteiger partial charge in [-0.15, -0.1) is 0 Å². The van der Waals surface area contributed by atoms with Crippen LogP contribution in [0.25, 0.3) is 0 Å². The van der Waals surface area contributed by atoms with Crippen LogP contribution in [-0.4, -0.2) is 60.1 Å². The van der Waals surface area contributed by atoms with Crippen molar-refractivity contribution in [2.24, 2.45) is 11.8 Å². The molecule has 0 aromatic carbocycles. The number of piperazine rings is 1. The summed E-state index contributed by atoms with van der Waals surface area (Å²) >= 11 is 0. The summed E-state index contributed by atoms with van der Waals surface area (Å²) in [7, 11) is 0. The van der Waals surface area contributed by atoms with Crippen LogP contribution in [0.1, 0.15) is 43.2 Å². The van der Waals surface area contributed by atoms with Crippen molar-refractivity contribution in [2.75, 3.05) is 39.3 Å². The van der Waals surface area contributed by atoms with Gasteiger partial charge in [0.15, 0.2) is 0 Å². The molecule has 1 atom stereocenters. The van der Waals surface area contributed by atoms with Gasteiger partial charge in [0.05, 0.1) is 5.69 Å². The van der Waals surface area contributed by atoms with Crippen LogP contribution in [0.15, 0.2) is 4.52 Å². The SMILES string of the molecule is Cc1noc(C)c1CN1CCN(C(=O)CC(C)C2CCNCC2)CC1. The molecule has 0 aliphatic carbocycles. The van der Waals surface area contributed by atoms with E-state index in [0.717, 1.165) is 57.3 Å². The maximum absolute atomic E-state index is 12.6. The Bertz CT molecular complexity index is 552. The summed E-state index contributed by atoms with van der Waals surface area (Å²) in [5.41, 5.74) is 2.17. The number of nitrogens with one attached hydrogen (secondary N) is 1. The van der Waals surface area contributed by atoms with Crippen LogP contribution < -0.4 is 5.32 Å². The smallest absolute Gasteiger partial charge is 0.222 e. The molecule has 3 heterocycles. The highest BCUT2D eigenvalue weighted by atomic mass is 16.5. The Kier molecular flexibility index (Phi) is 6.12. The number of hydrogen-bond acceptors (Lipinski definition) is 5. The van der Waals surface area contributed by atoms with Gasteiger partial charge >= 0.3 is 0 Å². The first-order chi connectivity index (χ1) is 12.0. The van der Waals surface area contributed by atoms with E-state index in [1.54, 1.807) is 0 Å². The summed E-state index contributed by atoms with van der Waals surface area (Å²) in [6.07, 6.45) is 3.12.